The summed E-state index contributed by atoms with van der Waals surface area (Å²) in [5.41, 5.74) is 0.854. The first-order chi connectivity index (χ1) is 9.61. The summed E-state index contributed by atoms with van der Waals surface area (Å²) in [7, 11) is 0. The fourth-order valence-corrected chi connectivity index (χ4v) is 2.09. The highest BCUT2D eigenvalue weighted by atomic mass is 35.5. The number of hydrogen-bond donors (Lipinski definition) is 2. The summed E-state index contributed by atoms with van der Waals surface area (Å²) in [5, 5.41) is 19.3. The van der Waals surface area contributed by atoms with Gasteiger partial charge in [-0.2, -0.15) is 0 Å². The lowest BCUT2D eigenvalue weighted by molar-refractivity contribution is 0.102. The Morgan fingerprint density at radius 1 is 1.30 bits per heavy atom. The molecule has 1 aliphatic rings. The quantitative estimate of drug-likeness (QED) is 0.820. The molecule has 4 nitrogen and oxygen atoms in total. The molecule has 1 aromatic rings. The van der Waals surface area contributed by atoms with Gasteiger partial charge in [0.1, 0.15) is 18.1 Å². The predicted octanol–water partition coefficient (Wildman–Crippen LogP) is 2.79. The van der Waals surface area contributed by atoms with Crippen LogP contribution in [0.15, 0.2) is 41.0 Å². The molecule has 5 heteroatoms. The number of rotatable bonds is 5. The minimum absolute atomic E-state index is 0.110. The van der Waals surface area contributed by atoms with Crippen molar-refractivity contribution in [3.63, 3.8) is 0 Å². The summed E-state index contributed by atoms with van der Waals surface area (Å²) >= 11 is 5.85. The summed E-state index contributed by atoms with van der Waals surface area (Å²) in [6.07, 6.45) is 4.59. The average molecular weight is 295 g/mol. The normalized spacial score (nSPS) is 14.5. The van der Waals surface area contributed by atoms with Gasteiger partial charge in [-0.3, -0.25) is 4.79 Å². The molecule has 0 amide bonds. The molecule has 0 saturated heterocycles. The van der Waals surface area contributed by atoms with Crippen molar-refractivity contribution in [3.05, 3.63) is 46.5 Å². The summed E-state index contributed by atoms with van der Waals surface area (Å²) in [6, 6.07) is 4.48. The van der Waals surface area contributed by atoms with Gasteiger partial charge < -0.3 is 14.9 Å². The van der Waals surface area contributed by atoms with Gasteiger partial charge in [-0.15, -0.1) is 0 Å². The topological polar surface area (TPSA) is 66.8 Å². The van der Waals surface area contributed by atoms with Crippen LogP contribution < -0.4 is 4.74 Å². The smallest absolute Gasteiger partial charge is 0.192 e. The van der Waals surface area contributed by atoms with Crippen LogP contribution in [0.3, 0.4) is 0 Å². The molecule has 0 heterocycles. The number of aliphatic hydroxyl groups excluding tert-OH is 1. The summed E-state index contributed by atoms with van der Waals surface area (Å²) in [5.74, 6) is 0.0669. The van der Waals surface area contributed by atoms with Crippen molar-refractivity contribution in [1.82, 2.24) is 0 Å². The van der Waals surface area contributed by atoms with E-state index in [0.29, 0.717) is 24.2 Å². The Labute approximate surface area is 121 Å². The van der Waals surface area contributed by atoms with E-state index < -0.39 is 0 Å². The van der Waals surface area contributed by atoms with Crippen molar-refractivity contribution in [1.29, 1.82) is 0 Å². The number of carbonyl (C=O) groups excluding carboxylic acids is 1. The van der Waals surface area contributed by atoms with Crippen LogP contribution in [0.25, 0.3) is 0 Å². The van der Waals surface area contributed by atoms with Crippen LogP contribution >= 0.6 is 11.6 Å². The number of allylic oxidation sites excluding steroid dienone is 4. The molecular weight excluding hydrogens is 280 g/mol. The number of aromatic hydroxyl groups is 1. The number of aliphatic hydroxyl groups is 1. The second kappa shape index (κ2) is 6.59. The Morgan fingerprint density at radius 2 is 2.10 bits per heavy atom. The van der Waals surface area contributed by atoms with E-state index in [1.54, 1.807) is 18.2 Å². The first kappa shape index (κ1) is 14.6. The SMILES string of the molecule is O=C(C1=CC=C(Cl)CC1)c1ccc(OCCO)cc1O. The Bertz CT molecular complexity index is 575. The van der Waals surface area contributed by atoms with Gasteiger partial charge in [0.15, 0.2) is 5.78 Å². The van der Waals surface area contributed by atoms with E-state index in [4.69, 9.17) is 21.4 Å². The number of ether oxygens (including phenoxy) is 1. The van der Waals surface area contributed by atoms with Crippen LogP contribution in [-0.4, -0.2) is 29.2 Å². The number of ketones is 1. The number of Topliss-reactive ketones (excluding diaryl/α,β-unsaturated/α-hetero) is 1. The minimum atomic E-state index is -0.211. The molecule has 0 aromatic heterocycles. The number of phenolic OH excluding ortho intramolecular Hbond substituents is 1. The second-order valence-corrected chi connectivity index (χ2v) is 4.87. The Kier molecular flexibility index (Phi) is 4.82. The van der Waals surface area contributed by atoms with Gasteiger partial charge in [0.2, 0.25) is 0 Å². The molecule has 2 N–H and O–H groups in total. The van der Waals surface area contributed by atoms with E-state index in [2.05, 4.69) is 0 Å². The monoisotopic (exact) mass is 294 g/mol. The van der Waals surface area contributed by atoms with E-state index in [0.717, 1.165) is 5.03 Å². The van der Waals surface area contributed by atoms with E-state index >= 15 is 0 Å². The molecule has 0 atom stereocenters. The van der Waals surface area contributed by atoms with Crippen molar-refractivity contribution in [2.24, 2.45) is 0 Å². The van der Waals surface area contributed by atoms with Crippen LogP contribution in [0.4, 0.5) is 0 Å². The number of carbonyl (C=O) groups is 1. The molecule has 2 rings (SSSR count). The molecule has 106 valence electrons. The van der Waals surface area contributed by atoms with Crippen molar-refractivity contribution in [2.75, 3.05) is 13.2 Å². The molecule has 0 spiro atoms. The molecule has 0 fully saturated rings. The highest BCUT2D eigenvalue weighted by Gasteiger charge is 2.18. The van der Waals surface area contributed by atoms with Gasteiger partial charge in [-0.25, -0.2) is 0 Å². The van der Waals surface area contributed by atoms with Crippen LogP contribution in [0.2, 0.25) is 0 Å². The Morgan fingerprint density at radius 3 is 2.70 bits per heavy atom. The van der Waals surface area contributed by atoms with Crippen LogP contribution in [0.5, 0.6) is 11.5 Å². The lowest BCUT2D eigenvalue weighted by Crippen LogP contribution is -2.07. The van der Waals surface area contributed by atoms with Crippen molar-refractivity contribution >= 4 is 17.4 Å². The summed E-state index contributed by atoms with van der Waals surface area (Å²) < 4.78 is 5.17. The zero-order valence-corrected chi connectivity index (χ0v) is 11.6. The van der Waals surface area contributed by atoms with Crippen LogP contribution in [0.1, 0.15) is 23.2 Å². The molecule has 0 unspecified atom stereocenters. The van der Waals surface area contributed by atoms with Gasteiger partial charge >= 0.3 is 0 Å². The number of halogens is 1. The van der Waals surface area contributed by atoms with E-state index in [1.807, 2.05) is 0 Å². The fraction of sp³-hybridized carbons (Fsp3) is 0.267. The highest BCUT2D eigenvalue weighted by Crippen LogP contribution is 2.29. The third-order valence-corrected chi connectivity index (χ3v) is 3.28. The summed E-state index contributed by atoms with van der Waals surface area (Å²) in [4.78, 5) is 12.3. The second-order valence-electron chi connectivity index (χ2n) is 4.39. The molecule has 0 radical (unpaired) electrons. The molecule has 0 saturated carbocycles. The van der Waals surface area contributed by atoms with Gasteiger partial charge in [-0.05, 0) is 31.1 Å². The van der Waals surface area contributed by atoms with E-state index in [-0.39, 0.29) is 30.3 Å². The average Bonchev–Trinajstić information content (AvgIpc) is 2.45. The standard InChI is InChI=1S/C15H15ClO4/c16-11-3-1-10(2-4-11)15(19)13-6-5-12(9-14(13)18)20-8-7-17/h1,3,5-6,9,17-18H,2,4,7-8H2. The van der Waals surface area contributed by atoms with Crippen LogP contribution in [0, 0.1) is 0 Å². The van der Waals surface area contributed by atoms with Gasteiger partial charge in [0, 0.05) is 16.7 Å². The molecular formula is C15H15ClO4. The Hall–Kier alpha value is -1.78. The first-order valence-corrected chi connectivity index (χ1v) is 6.66. The number of benzene rings is 1. The molecule has 1 aromatic carbocycles. The highest BCUT2D eigenvalue weighted by molar-refractivity contribution is 6.30. The number of phenols is 1. The minimum Gasteiger partial charge on any atom is -0.507 e. The van der Waals surface area contributed by atoms with Gasteiger partial charge in [0.05, 0.1) is 12.2 Å². The molecule has 20 heavy (non-hydrogen) atoms. The van der Waals surface area contributed by atoms with E-state index in [1.165, 1.54) is 12.1 Å². The lowest BCUT2D eigenvalue weighted by atomic mass is 9.95. The molecule has 0 aliphatic heterocycles. The van der Waals surface area contributed by atoms with Gasteiger partial charge in [-0.1, -0.05) is 17.7 Å². The fourth-order valence-electron chi connectivity index (χ4n) is 1.93. The molecule has 1 aliphatic carbocycles. The molecule has 0 bridgehead atoms. The zero-order valence-electron chi connectivity index (χ0n) is 10.8. The van der Waals surface area contributed by atoms with Crippen molar-refractivity contribution in [3.8, 4) is 11.5 Å². The predicted molar refractivity (Wildman–Crippen MR) is 76.3 cm³/mol. The third kappa shape index (κ3) is 3.40. The van der Waals surface area contributed by atoms with Gasteiger partial charge in [0.25, 0.3) is 0 Å². The van der Waals surface area contributed by atoms with E-state index in [9.17, 15) is 9.90 Å². The van der Waals surface area contributed by atoms with Crippen molar-refractivity contribution < 1.29 is 19.7 Å². The third-order valence-electron chi connectivity index (χ3n) is 2.96. The first-order valence-electron chi connectivity index (χ1n) is 6.28. The lowest BCUT2D eigenvalue weighted by Gasteiger charge is -2.12. The zero-order chi connectivity index (χ0) is 14.5. The number of hydrogen-bond acceptors (Lipinski definition) is 4. The largest absolute Gasteiger partial charge is 0.507 e. The maximum Gasteiger partial charge on any atom is 0.192 e. The summed E-state index contributed by atoms with van der Waals surface area (Å²) in [6.45, 7) is 0.0304. The maximum atomic E-state index is 12.3. The van der Waals surface area contributed by atoms with Crippen molar-refractivity contribution in [2.45, 2.75) is 12.8 Å². The van der Waals surface area contributed by atoms with Crippen LogP contribution in [-0.2, 0) is 0 Å². The maximum absolute atomic E-state index is 12.3. The Balaban J connectivity index is 2.18.